The molecule has 0 spiro atoms. The zero-order valence-corrected chi connectivity index (χ0v) is 18.4. The van der Waals surface area contributed by atoms with Gasteiger partial charge in [-0.1, -0.05) is 30.3 Å². The highest BCUT2D eigenvalue weighted by Gasteiger charge is 2.43. The monoisotopic (exact) mass is 436 g/mol. The van der Waals surface area contributed by atoms with Gasteiger partial charge in [0.05, 0.1) is 12.2 Å². The molecule has 3 fully saturated rings. The van der Waals surface area contributed by atoms with Crippen LogP contribution in [0.15, 0.2) is 54.6 Å². The van der Waals surface area contributed by atoms with E-state index in [2.05, 4.69) is 22.3 Å². The minimum atomic E-state index is 0.101. The quantitative estimate of drug-likeness (QED) is 0.716. The van der Waals surface area contributed by atoms with Crippen LogP contribution in [-0.2, 0) is 20.8 Å². The van der Waals surface area contributed by atoms with E-state index in [9.17, 15) is 4.79 Å². The highest BCUT2D eigenvalue weighted by atomic mass is 16.5. The lowest BCUT2D eigenvalue weighted by atomic mass is 9.89. The summed E-state index contributed by atoms with van der Waals surface area (Å²) >= 11 is 0. The van der Waals surface area contributed by atoms with E-state index in [1.165, 1.54) is 5.56 Å². The predicted octanol–water partition coefficient (Wildman–Crippen LogP) is 3.75. The number of carbonyl (C=O) groups is 1. The van der Waals surface area contributed by atoms with Gasteiger partial charge in [0.2, 0.25) is 5.91 Å². The van der Waals surface area contributed by atoms with Crippen LogP contribution in [0.3, 0.4) is 0 Å². The van der Waals surface area contributed by atoms with Crippen molar-refractivity contribution in [3.05, 3.63) is 60.2 Å². The van der Waals surface area contributed by atoms with Crippen molar-refractivity contribution in [3.8, 4) is 11.5 Å². The molecule has 0 aliphatic carbocycles. The highest BCUT2D eigenvalue weighted by Crippen LogP contribution is 2.33. The van der Waals surface area contributed by atoms with Gasteiger partial charge in [0.15, 0.2) is 0 Å². The lowest BCUT2D eigenvalue weighted by molar-refractivity contribution is -0.170. The number of nitrogens with one attached hydrogen (secondary N) is 1. The molecule has 1 N–H and O–H groups in total. The Morgan fingerprint density at radius 3 is 2.47 bits per heavy atom. The van der Waals surface area contributed by atoms with Crippen molar-refractivity contribution in [2.75, 3.05) is 26.3 Å². The minimum absolute atomic E-state index is 0.101. The van der Waals surface area contributed by atoms with Gasteiger partial charge in [-0.2, -0.15) is 0 Å². The van der Waals surface area contributed by atoms with Gasteiger partial charge in [-0.3, -0.25) is 9.69 Å². The van der Waals surface area contributed by atoms with Gasteiger partial charge >= 0.3 is 0 Å². The second kappa shape index (κ2) is 10.0. The van der Waals surface area contributed by atoms with Crippen LogP contribution in [0.2, 0.25) is 0 Å². The molecule has 0 aromatic heterocycles. The first-order valence-electron chi connectivity index (χ1n) is 11.8. The van der Waals surface area contributed by atoms with Crippen LogP contribution in [0.5, 0.6) is 11.5 Å². The van der Waals surface area contributed by atoms with Crippen molar-refractivity contribution in [2.45, 2.75) is 50.5 Å². The standard InChI is InChI=1S/C26H32N2O4/c29-26(20-12-14-30-15-13-20)27-16-23-10-11-24-25(32-23)18-28(24)17-19-6-8-22(9-7-19)31-21-4-2-1-3-5-21/h1-9,20,23-25H,10-18H2,(H,27,29)/t23-,24-,25-/m1/s1. The third-order valence-electron chi connectivity index (χ3n) is 6.85. The van der Waals surface area contributed by atoms with Crippen molar-refractivity contribution in [2.24, 2.45) is 5.92 Å². The van der Waals surface area contributed by atoms with Crippen LogP contribution in [0.25, 0.3) is 0 Å². The van der Waals surface area contributed by atoms with Crippen LogP contribution in [0.1, 0.15) is 31.2 Å². The zero-order valence-electron chi connectivity index (χ0n) is 18.4. The first-order valence-corrected chi connectivity index (χ1v) is 11.8. The maximum absolute atomic E-state index is 12.3. The summed E-state index contributed by atoms with van der Waals surface area (Å²) in [7, 11) is 0. The molecule has 3 aliphatic heterocycles. The molecular formula is C26H32N2O4. The van der Waals surface area contributed by atoms with E-state index in [-0.39, 0.29) is 24.0 Å². The Labute approximate surface area is 189 Å². The molecule has 3 atom stereocenters. The van der Waals surface area contributed by atoms with E-state index in [0.717, 1.165) is 50.3 Å². The van der Waals surface area contributed by atoms with E-state index < -0.39 is 0 Å². The van der Waals surface area contributed by atoms with Crippen molar-refractivity contribution in [1.82, 2.24) is 10.2 Å². The van der Waals surface area contributed by atoms with E-state index in [4.69, 9.17) is 14.2 Å². The minimum Gasteiger partial charge on any atom is -0.457 e. The summed E-state index contributed by atoms with van der Waals surface area (Å²) in [5.41, 5.74) is 1.29. The maximum Gasteiger partial charge on any atom is 0.223 e. The third kappa shape index (κ3) is 5.14. The van der Waals surface area contributed by atoms with Crippen LogP contribution < -0.4 is 10.1 Å². The second-order valence-corrected chi connectivity index (χ2v) is 9.06. The van der Waals surface area contributed by atoms with Crippen LogP contribution >= 0.6 is 0 Å². The molecule has 2 aromatic carbocycles. The Morgan fingerprint density at radius 2 is 1.72 bits per heavy atom. The number of hydrogen-bond acceptors (Lipinski definition) is 5. The van der Waals surface area contributed by atoms with E-state index >= 15 is 0 Å². The van der Waals surface area contributed by atoms with E-state index in [0.29, 0.717) is 25.8 Å². The maximum atomic E-state index is 12.3. The van der Waals surface area contributed by atoms with Gasteiger partial charge in [0.1, 0.15) is 11.5 Å². The SMILES string of the molecule is O=C(NC[C@H]1CC[C@@H]2[C@@H](CN2Cc2ccc(Oc3ccccc3)cc2)O1)C1CCOCC1. The van der Waals surface area contributed by atoms with E-state index in [1.54, 1.807) is 0 Å². The van der Waals surface area contributed by atoms with Gasteiger partial charge in [-0.05, 0) is 55.5 Å². The normalized spacial score (nSPS) is 26.1. The zero-order chi connectivity index (χ0) is 21.8. The number of nitrogens with zero attached hydrogens (tertiary/aromatic N) is 1. The molecule has 3 aliphatic rings. The summed E-state index contributed by atoms with van der Waals surface area (Å²) in [5, 5.41) is 3.11. The number of fused-ring (bicyclic) bond motifs is 1. The third-order valence-corrected chi connectivity index (χ3v) is 6.85. The number of amides is 1. The molecule has 6 heteroatoms. The predicted molar refractivity (Wildman–Crippen MR) is 122 cm³/mol. The van der Waals surface area contributed by atoms with Gasteiger partial charge in [-0.15, -0.1) is 0 Å². The summed E-state index contributed by atoms with van der Waals surface area (Å²) in [5.74, 6) is 1.97. The van der Waals surface area contributed by atoms with E-state index in [1.807, 2.05) is 42.5 Å². The summed E-state index contributed by atoms with van der Waals surface area (Å²) in [6.07, 6.45) is 4.20. The Kier molecular flexibility index (Phi) is 6.72. The van der Waals surface area contributed by atoms with Crippen molar-refractivity contribution in [3.63, 3.8) is 0 Å². The molecule has 170 valence electrons. The fraction of sp³-hybridized carbons (Fsp3) is 0.500. The molecule has 0 radical (unpaired) electrons. The first kappa shape index (κ1) is 21.4. The Hall–Kier alpha value is -2.41. The fourth-order valence-corrected chi connectivity index (χ4v) is 4.93. The van der Waals surface area contributed by atoms with Crippen LogP contribution in [0.4, 0.5) is 0 Å². The van der Waals surface area contributed by atoms with Gasteiger partial charge in [-0.25, -0.2) is 0 Å². The molecule has 0 unspecified atom stereocenters. The molecule has 1 amide bonds. The molecular weight excluding hydrogens is 404 g/mol. The van der Waals surface area contributed by atoms with Crippen molar-refractivity contribution < 1.29 is 19.0 Å². The Balaban J connectivity index is 1.05. The van der Waals surface area contributed by atoms with Crippen molar-refractivity contribution >= 4 is 5.91 Å². The number of para-hydroxylation sites is 1. The number of carbonyl (C=O) groups excluding carboxylic acids is 1. The molecule has 3 heterocycles. The van der Waals surface area contributed by atoms with Gasteiger partial charge < -0.3 is 19.5 Å². The highest BCUT2D eigenvalue weighted by molar-refractivity contribution is 5.78. The number of benzene rings is 2. The summed E-state index contributed by atoms with van der Waals surface area (Å²) in [6, 6.07) is 18.7. The number of rotatable bonds is 7. The summed E-state index contributed by atoms with van der Waals surface area (Å²) in [4.78, 5) is 14.8. The average molecular weight is 437 g/mol. The molecule has 2 aromatic rings. The summed E-state index contributed by atoms with van der Waals surface area (Å²) < 4.78 is 17.5. The molecule has 3 saturated heterocycles. The first-order chi connectivity index (χ1) is 15.7. The van der Waals surface area contributed by atoms with Gasteiger partial charge in [0.25, 0.3) is 0 Å². The van der Waals surface area contributed by atoms with Crippen LogP contribution in [-0.4, -0.2) is 55.4 Å². The second-order valence-electron chi connectivity index (χ2n) is 9.06. The molecule has 0 bridgehead atoms. The Bertz CT molecular complexity index is 882. The molecule has 32 heavy (non-hydrogen) atoms. The molecule has 5 rings (SSSR count). The van der Waals surface area contributed by atoms with Crippen LogP contribution in [0, 0.1) is 5.92 Å². The smallest absolute Gasteiger partial charge is 0.223 e. The fourth-order valence-electron chi connectivity index (χ4n) is 4.93. The number of hydrogen-bond donors (Lipinski definition) is 1. The van der Waals surface area contributed by atoms with Gasteiger partial charge in [0, 0.05) is 44.8 Å². The average Bonchev–Trinajstić information content (AvgIpc) is 2.83. The topological polar surface area (TPSA) is 60.0 Å². The lowest BCUT2D eigenvalue weighted by Gasteiger charge is -2.52. The number of ether oxygens (including phenoxy) is 3. The van der Waals surface area contributed by atoms with Crippen molar-refractivity contribution in [1.29, 1.82) is 0 Å². The molecule has 6 nitrogen and oxygen atoms in total. The lowest BCUT2D eigenvalue weighted by Crippen LogP contribution is -2.64. The summed E-state index contributed by atoms with van der Waals surface area (Å²) in [6.45, 7) is 3.90. The largest absolute Gasteiger partial charge is 0.457 e. The Morgan fingerprint density at radius 1 is 0.969 bits per heavy atom. The number of likely N-dealkylation sites (tertiary alicyclic amines) is 1. The molecule has 0 saturated carbocycles.